The van der Waals surface area contributed by atoms with Crippen LogP contribution in [0.4, 0.5) is 0 Å². The summed E-state index contributed by atoms with van der Waals surface area (Å²) in [6, 6.07) is 7.05. The molecule has 1 rings (SSSR count). The standard InChI is InChI=1S/C15H17Cl2N3O2S/c1-22-7-3-6-20-15(10(8-18)14(19)21)23-9-11-12(16)4-2-5-13(11)17/h2,4-5,20H,3,6-7,9H2,1H3,(H2,19,21). The lowest BCUT2D eigenvalue weighted by Crippen LogP contribution is -2.22. The number of primary amides is 1. The number of hydrogen-bond donors (Lipinski definition) is 2. The summed E-state index contributed by atoms with van der Waals surface area (Å²) in [5, 5.41) is 13.7. The maximum Gasteiger partial charge on any atom is 0.262 e. The molecule has 1 aromatic carbocycles. The molecule has 0 fully saturated rings. The van der Waals surface area contributed by atoms with Crippen LogP contribution in [0.15, 0.2) is 28.8 Å². The molecular weight excluding hydrogens is 357 g/mol. The number of nitriles is 1. The van der Waals surface area contributed by atoms with Crippen LogP contribution in [0.25, 0.3) is 0 Å². The number of carbonyl (C=O) groups is 1. The molecule has 1 aromatic rings. The van der Waals surface area contributed by atoms with Gasteiger partial charge in [-0.3, -0.25) is 4.79 Å². The molecule has 0 saturated carbocycles. The van der Waals surface area contributed by atoms with Gasteiger partial charge < -0.3 is 15.8 Å². The van der Waals surface area contributed by atoms with Gasteiger partial charge in [0.15, 0.2) is 0 Å². The SMILES string of the molecule is COCCCNC(SCc1c(Cl)cccc1Cl)=C(C#N)C(N)=O. The van der Waals surface area contributed by atoms with Gasteiger partial charge in [0.05, 0.1) is 5.03 Å². The minimum atomic E-state index is -0.778. The van der Waals surface area contributed by atoms with Gasteiger partial charge in [-0.25, -0.2) is 0 Å². The molecule has 0 heterocycles. The van der Waals surface area contributed by atoms with Crippen molar-refractivity contribution in [2.75, 3.05) is 20.3 Å². The monoisotopic (exact) mass is 373 g/mol. The second-order valence-electron chi connectivity index (χ2n) is 4.44. The van der Waals surface area contributed by atoms with E-state index in [1.54, 1.807) is 25.3 Å². The van der Waals surface area contributed by atoms with Crippen molar-refractivity contribution in [1.29, 1.82) is 5.26 Å². The lowest BCUT2D eigenvalue weighted by molar-refractivity contribution is -0.114. The summed E-state index contributed by atoms with van der Waals surface area (Å²) in [7, 11) is 1.61. The Hall–Kier alpha value is -1.39. The Bertz CT molecular complexity index is 609. The number of halogens is 2. The van der Waals surface area contributed by atoms with Gasteiger partial charge in [0.25, 0.3) is 5.91 Å². The number of benzene rings is 1. The average molecular weight is 374 g/mol. The van der Waals surface area contributed by atoms with Crippen LogP contribution in [0, 0.1) is 11.3 Å². The number of methoxy groups -OCH3 is 1. The highest BCUT2D eigenvalue weighted by Gasteiger charge is 2.15. The zero-order valence-electron chi connectivity index (χ0n) is 12.6. The predicted octanol–water partition coefficient (Wildman–Crippen LogP) is 3.07. The number of nitrogens with one attached hydrogen (secondary N) is 1. The predicted molar refractivity (Wildman–Crippen MR) is 94.1 cm³/mol. The third kappa shape index (κ3) is 6.32. The minimum Gasteiger partial charge on any atom is -0.385 e. The highest BCUT2D eigenvalue weighted by molar-refractivity contribution is 8.02. The smallest absolute Gasteiger partial charge is 0.262 e. The van der Waals surface area contributed by atoms with Gasteiger partial charge in [0.2, 0.25) is 0 Å². The first-order valence-electron chi connectivity index (χ1n) is 6.74. The van der Waals surface area contributed by atoms with Crippen LogP contribution < -0.4 is 11.1 Å². The topological polar surface area (TPSA) is 88.1 Å². The quantitative estimate of drug-likeness (QED) is 0.394. The van der Waals surface area contributed by atoms with Crippen molar-refractivity contribution >= 4 is 40.9 Å². The number of rotatable bonds is 9. The Labute approximate surface area is 149 Å². The fourth-order valence-electron chi connectivity index (χ4n) is 1.66. The van der Waals surface area contributed by atoms with E-state index in [0.29, 0.717) is 34.0 Å². The van der Waals surface area contributed by atoms with Crippen molar-refractivity contribution < 1.29 is 9.53 Å². The third-order valence-electron chi connectivity index (χ3n) is 2.82. The first-order chi connectivity index (χ1) is 11.0. The number of ether oxygens (including phenoxy) is 1. The van der Waals surface area contributed by atoms with Crippen LogP contribution >= 0.6 is 35.0 Å². The molecule has 0 aliphatic heterocycles. The maximum atomic E-state index is 11.4. The first kappa shape index (κ1) is 19.7. The molecule has 0 bridgehead atoms. The van der Waals surface area contributed by atoms with Crippen LogP contribution in [-0.2, 0) is 15.3 Å². The van der Waals surface area contributed by atoms with Gasteiger partial charge in [-0.15, -0.1) is 11.8 Å². The van der Waals surface area contributed by atoms with Crippen LogP contribution in [0.2, 0.25) is 10.0 Å². The van der Waals surface area contributed by atoms with Crippen molar-refractivity contribution in [2.24, 2.45) is 5.73 Å². The molecule has 23 heavy (non-hydrogen) atoms. The highest BCUT2D eigenvalue weighted by Crippen LogP contribution is 2.31. The van der Waals surface area contributed by atoms with E-state index >= 15 is 0 Å². The summed E-state index contributed by atoms with van der Waals surface area (Å²) >= 11 is 13.5. The van der Waals surface area contributed by atoms with E-state index in [1.165, 1.54) is 11.8 Å². The Balaban J connectivity index is 2.89. The molecule has 0 aromatic heterocycles. The number of amides is 1. The zero-order chi connectivity index (χ0) is 17.2. The molecule has 124 valence electrons. The molecule has 0 atom stereocenters. The van der Waals surface area contributed by atoms with Crippen molar-refractivity contribution in [3.63, 3.8) is 0 Å². The van der Waals surface area contributed by atoms with E-state index in [0.717, 1.165) is 12.0 Å². The van der Waals surface area contributed by atoms with Crippen LogP contribution in [0.3, 0.4) is 0 Å². The molecular formula is C15H17Cl2N3O2S. The fourth-order valence-corrected chi connectivity index (χ4v) is 3.45. The van der Waals surface area contributed by atoms with E-state index in [2.05, 4.69) is 5.32 Å². The summed E-state index contributed by atoms with van der Waals surface area (Å²) in [4.78, 5) is 11.4. The van der Waals surface area contributed by atoms with Crippen molar-refractivity contribution in [3.8, 4) is 6.07 Å². The van der Waals surface area contributed by atoms with E-state index in [-0.39, 0.29) is 5.57 Å². The van der Waals surface area contributed by atoms with Gasteiger partial charge in [-0.1, -0.05) is 29.3 Å². The van der Waals surface area contributed by atoms with Crippen molar-refractivity contribution in [2.45, 2.75) is 12.2 Å². The first-order valence-corrected chi connectivity index (χ1v) is 8.48. The summed E-state index contributed by atoms with van der Waals surface area (Å²) in [5.74, 6) is -0.372. The Kier molecular flexibility index (Phi) is 8.89. The fraction of sp³-hybridized carbons (Fsp3) is 0.333. The molecule has 0 unspecified atom stereocenters. The molecule has 3 N–H and O–H groups in total. The van der Waals surface area contributed by atoms with E-state index in [9.17, 15) is 4.79 Å². The largest absolute Gasteiger partial charge is 0.385 e. The summed E-state index contributed by atoms with van der Waals surface area (Å²) in [5.41, 5.74) is 5.88. The summed E-state index contributed by atoms with van der Waals surface area (Å²) in [6.45, 7) is 1.12. The molecule has 0 saturated heterocycles. The number of nitrogens with zero attached hydrogens (tertiary/aromatic N) is 1. The number of carbonyl (C=O) groups excluding carboxylic acids is 1. The van der Waals surface area contributed by atoms with E-state index < -0.39 is 5.91 Å². The van der Waals surface area contributed by atoms with Crippen molar-refractivity contribution in [1.82, 2.24) is 5.32 Å². The van der Waals surface area contributed by atoms with Gasteiger partial charge in [0.1, 0.15) is 11.6 Å². The number of thioether (sulfide) groups is 1. The normalized spacial score (nSPS) is 11.6. The third-order valence-corrected chi connectivity index (χ3v) is 4.60. The van der Waals surface area contributed by atoms with Gasteiger partial charge in [0, 0.05) is 36.1 Å². The summed E-state index contributed by atoms with van der Waals surface area (Å²) in [6.07, 6.45) is 0.727. The lowest BCUT2D eigenvalue weighted by atomic mass is 10.2. The molecule has 0 aliphatic carbocycles. The molecule has 0 spiro atoms. The van der Waals surface area contributed by atoms with E-state index in [4.69, 9.17) is 38.9 Å². The second-order valence-corrected chi connectivity index (χ2v) is 6.24. The molecule has 1 amide bonds. The molecule has 5 nitrogen and oxygen atoms in total. The molecule has 8 heteroatoms. The summed E-state index contributed by atoms with van der Waals surface area (Å²) < 4.78 is 4.96. The molecule has 0 aliphatic rings. The van der Waals surface area contributed by atoms with Crippen molar-refractivity contribution in [3.05, 3.63) is 44.4 Å². The second kappa shape index (κ2) is 10.4. The lowest BCUT2D eigenvalue weighted by Gasteiger charge is -2.13. The van der Waals surface area contributed by atoms with Crippen LogP contribution in [0.5, 0.6) is 0 Å². The number of nitrogens with two attached hydrogens (primary N) is 1. The van der Waals surface area contributed by atoms with E-state index in [1.807, 2.05) is 6.07 Å². The average Bonchev–Trinajstić information content (AvgIpc) is 2.50. The Morgan fingerprint density at radius 1 is 1.43 bits per heavy atom. The van der Waals surface area contributed by atoms with Gasteiger partial charge in [-0.05, 0) is 24.1 Å². The Morgan fingerprint density at radius 2 is 2.09 bits per heavy atom. The maximum absolute atomic E-state index is 11.4. The van der Waals surface area contributed by atoms with Gasteiger partial charge >= 0.3 is 0 Å². The zero-order valence-corrected chi connectivity index (χ0v) is 14.9. The Morgan fingerprint density at radius 3 is 2.61 bits per heavy atom. The van der Waals surface area contributed by atoms with Gasteiger partial charge in [-0.2, -0.15) is 5.26 Å². The minimum absolute atomic E-state index is 0.115. The highest BCUT2D eigenvalue weighted by atomic mass is 35.5. The number of hydrogen-bond acceptors (Lipinski definition) is 5. The van der Waals surface area contributed by atoms with Crippen LogP contribution in [0.1, 0.15) is 12.0 Å². The molecule has 0 radical (unpaired) electrons. The van der Waals surface area contributed by atoms with Crippen LogP contribution in [-0.4, -0.2) is 26.2 Å².